The van der Waals surface area contributed by atoms with E-state index in [-0.39, 0.29) is 5.56 Å². The van der Waals surface area contributed by atoms with Crippen LogP contribution in [0.4, 0.5) is 5.69 Å². The number of pyridine rings is 1. The van der Waals surface area contributed by atoms with Crippen LogP contribution in [0.5, 0.6) is 0 Å². The van der Waals surface area contributed by atoms with Gasteiger partial charge in [-0.05, 0) is 45.4 Å². The Morgan fingerprint density at radius 2 is 1.91 bits per heavy atom. The molecule has 0 amide bonds. The first-order valence-corrected chi connectivity index (χ1v) is 11.6. The van der Waals surface area contributed by atoms with Crippen molar-refractivity contribution >= 4 is 27.6 Å². The lowest BCUT2D eigenvalue weighted by Crippen LogP contribution is -2.45. The van der Waals surface area contributed by atoms with Crippen LogP contribution in [-0.4, -0.2) is 58.1 Å². The van der Waals surface area contributed by atoms with E-state index in [2.05, 4.69) is 57.8 Å². The molecule has 4 heterocycles. The van der Waals surface area contributed by atoms with Crippen LogP contribution in [0, 0.1) is 25.2 Å². The number of H-pyrrole nitrogens is 3. The molecule has 2 aliphatic rings. The van der Waals surface area contributed by atoms with Crippen molar-refractivity contribution in [2.24, 2.45) is 0 Å². The van der Waals surface area contributed by atoms with Gasteiger partial charge in [0.15, 0.2) is 0 Å². The van der Waals surface area contributed by atoms with Gasteiger partial charge in [0.05, 0.1) is 22.1 Å². The number of piperazine rings is 1. The van der Waals surface area contributed by atoms with Gasteiger partial charge >= 0.3 is 0 Å². The number of nitrogens with one attached hydrogen (secondary N) is 3. The van der Waals surface area contributed by atoms with Crippen molar-refractivity contribution in [3.8, 4) is 17.5 Å². The van der Waals surface area contributed by atoms with Crippen molar-refractivity contribution < 1.29 is 0 Å². The van der Waals surface area contributed by atoms with Gasteiger partial charge in [0.25, 0.3) is 5.56 Å². The Morgan fingerprint density at radius 3 is 2.61 bits per heavy atom. The third-order valence-corrected chi connectivity index (χ3v) is 7.22. The molecule has 1 aliphatic carbocycles. The van der Waals surface area contributed by atoms with Crippen molar-refractivity contribution in [1.82, 2.24) is 24.8 Å². The van der Waals surface area contributed by atoms with Gasteiger partial charge in [-0.2, -0.15) is 5.26 Å². The first kappa shape index (κ1) is 20.1. The zero-order valence-corrected chi connectivity index (χ0v) is 19.2. The van der Waals surface area contributed by atoms with E-state index in [4.69, 9.17) is 4.98 Å². The van der Waals surface area contributed by atoms with Crippen LogP contribution in [-0.2, 0) is 0 Å². The molecule has 3 aromatic heterocycles. The normalized spacial score (nSPS) is 17.2. The number of hydrogen-bond acceptors (Lipinski definition) is 5. The molecule has 0 atom stereocenters. The predicted octanol–water partition coefficient (Wildman–Crippen LogP) is 3.52. The summed E-state index contributed by atoms with van der Waals surface area (Å²) in [5, 5.41) is 10.5. The Bertz CT molecular complexity index is 1500. The fourth-order valence-corrected chi connectivity index (χ4v) is 5.33. The number of rotatable bonds is 3. The van der Waals surface area contributed by atoms with Gasteiger partial charge in [-0.3, -0.25) is 4.79 Å². The number of anilines is 1. The average molecular weight is 442 g/mol. The quantitative estimate of drug-likeness (QED) is 0.451. The van der Waals surface area contributed by atoms with Crippen molar-refractivity contribution in [2.75, 3.05) is 38.1 Å². The fraction of sp³-hybridized carbons (Fsp3) is 0.400. The standard InChI is InChI=1S/C25H27N7O/c1-13-10-18-20(14(2)23(13)32-8-6-31(3)7-9-32)30-24(28-18)19-22-17(12-27-25(19)33)16(11-26)21(29-22)15-4-5-15/h10,12,15,29H,4-9H2,1-3H3,(H,27,33)(H,28,30). The first-order valence-electron chi connectivity index (χ1n) is 11.6. The molecule has 6 rings (SSSR count). The van der Waals surface area contributed by atoms with Crippen LogP contribution in [0.15, 0.2) is 17.1 Å². The van der Waals surface area contributed by atoms with E-state index in [0.717, 1.165) is 66.7 Å². The number of benzene rings is 1. The summed E-state index contributed by atoms with van der Waals surface area (Å²) in [5.74, 6) is 0.907. The molecule has 1 saturated heterocycles. The minimum absolute atomic E-state index is 0.219. The van der Waals surface area contributed by atoms with Crippen LogP contribution >= 0.6 is 0 Å². The average Bonchev–Trinajstić information content (AvgIpc) is 3.45. The molecule has 0 unspecified atom stereocenters. The summed E-state index contributed by atoms with van der Waals surface area (Å²) in [6.45, 7) is 8.31. The number of aryl methyl sites for hydroxylation is 2. The van der Waals surface area contributed by atoms with Gasteiger partial charge in [-0.15, -0.1) is 0 Å². The second-order valence-corrected chi connectivity index (χ2v) is 9.52. The molecule has 3 N–H and O–H groups in total. The fourth-order valence-electron chi connectivity index (χ4n) is 5.33. The molecule has 168 valence electrons. The number of hydrogen-bond donors (Lipinski definition) is 3. The zero-order valence-electron chi connectivity index (χ0n) is 19.2. The van der Waals surface area contributed by atoms with Gasteiger partial charge in [0.2, 0.25) is 0 Å². The zero-order chi connectivity index (χ0) is 22.9. The highest BCUT2D eigenvalue weighted by molar-refractivity contribution is 5.98. The molecule has 0 radical (unpaired) electrons. The summed E-state index contributed by atoms with van der Waals surface area (Å²) in [6.07, 6.45) is 3.79. The Kier molecular flexibility index (Phi) is 4.39. The molecular formula is C25H27N7O. The molecule has 1 aromatic carbocycles. The number of nitrogens with zero attached hydrogens (tertiary/aromatic N) is 4. The number of fused-ring (bicyclic) bond motifs is 2. The highest BCUT2D eigenvalue weighted by atomic mass is 16.1. The molecule has 1 aliphatic heterocycles. The third kappa shape index (κ3) is 3.07. The molecule has 4 aromatic rings. The molecule has 8 nitrogen and oxygen atoms in total. The van der Waals surface area contributed by atoms with E-state index in [9.17, 15) is 10.1 Å². The van der Waals surface area contributed by atoms with Gasteiger partial charge in [0, 0.05) is 60.6 Å². The van der Waals surface area contributed by atoms with E-state index >= 15 is 0 Å². The summed E-state index contributed by atoms with van der Waals surface area (Å²) in [6, 6.07) is 4.47. The van der Waals surface area contributed by atoms with Crippen molar-refractivity contribution in [3.05, 3.63) is 45.0 Å². The molecule has 1 saturated carbocycles. The Balaban J connectivity index is 1.53. The highest BCUT2D eigenvalue weighted by Gasteiger charge is 2.30. The van der Waals surface area contributed by atoms with Crippen LogP contribution in [0.25, 0.3) is 33.3 Å². The van der Waals surface area contributed by atoms with Crippen molar-refractivity contribution in [3.63, 3.8) is 0 Å². The number of imidazole rings is 1. The van der Waals surface area contributed by atoms with Crippen LogP contribution in [0.1, 0.15) is 41.1 Å². The minimum atomic E-state index is -0.219. The third-order valence-electron chi connectivity index (χ3n) is 7.22. The maximum Gasteiger partial charge on any atom is 0.261 e. The number of likely N-dealkylation sites (N-methyl/N-ethyl adjacent to an activating group) is 1. The lowest BCUT2D eigenvalue weighted by molar-refractivity contribution is 0.312. The maximum atomic E-state index is 13.0. The molecule has 0 bridgehead atoms. The monoisotopic (exact) mass is 441 g/mol. The second kappa shape index (κ2) is 7.22. The Morgan fingerprint density at radius 1 is 1.15 bits per heavy atom. The lowest BCUT2D eigenvalue weighted by Gasteiger charge is -2.35. The molecule has 2 fully saturated rings. The number of aromatic amines is 3. The maximum absolute atomic E-state index is 13.0. The van der Waals surface area contributed by atoms with E-state index in [1.54, 1.807) is 6.20 Å². The van der Waals surface area contributed by atoms with Gasteiger partial charge in [-0.25, -0.2) is 4.98 Å². The van der Waals surface area contributed by atoms with Crippen LogP contribution in [0.2, 0.25) is 0 Å². The van der Waals surface area contributed by atoms with Crippen molar-refractivity contribution in [1.29, 1.82) is 5.26 Å². The topological polar surface area (TPSA) is 108 Å². The number of aromatic nitrogens is 4. The van der Waals surface area contributed by atoms with E-state index < -0.39 is 0 Å². The number of nitriles is 1. The molecule has 0 spiro atoms. The predicted molar refractivity (Wildman–Crippen MR) is 130 cm³/mol. The SMILES string of the molecule is Cc1cc2[nH]c(-c3c(=O)[nH]cc4c(C#N)c(C5CC5)[nH]c34)nc2c(C)c1N1CCN(C)CC1. The van der Waals surface area contributed by atoms with Gasteiger partial charge in [0.1, 0.15) is 17.5 Å². The molecule has 8 heteroatoms. The summed E-state index contributed by atoms with van der Waals surface area (Å²) >= 11 is 0. The van der Waals surface area contributed by atoms with Gasteiger partial charge in [-0.1, -0.05) is 0 Å². The smallest absolute Gasteiger partial charge is 0.261 e. The second-order valence-electron chi connectivity index (χ2n) is 9.52. The van der Waals surface area contributed by atoms with E-state index in [1.807, 2.05) is 0 Å². The van der Waals surface area contributed by atoms with Crippen LogP contribution in [0.3, 0.4) is 0 Å². The Labute approximate surface area is 191 Å². The van der Waals surface area contributed by atoms with E-state index in [0.29, 0.717) is 28.4 Å². The largest absolute Gasteiger partial charge is 0.368 e. The summed E-state index contributed by atoms with van der Waals surface area (Å²) in [4.78, 5) is 32.3. The lowest BCUT2D eigenvalue weighted by atomic mass is 10.0. The van der Waals surface area contributed by atoms with Gasteiger partial charge < -0.3 is 24.8 Å². The summed E-state index contributed by atoms with van der Waals surface area (Å²) < 4.78 is 0. The molecular weight excluding hydrogens is 414 g/mol. The van der Waals surface area contributed by atoms with Crippen molar-refractivity contribution in [2.45, 2.75) is 32.6 Å². The Hall–Kier alpha value is -3.57. The highest BCUT2D eigenvalue weighted by Crippen LogP contribution is 2.43. The molecule has 33 heavy (non-hydrogen) atoms. The summed E-state index contributed by atoms with van der Waals surface area (Å²) in [7, 11) is 2.16. The minimum Gasteiger partial charge on any atom is -0.368 e. The van der Waals surface area contributed by atoms with Crippen LogP contribution < -0.4 is 10.5 Å². The first-order chi connectivity index (χ1) is 16.0. The summed E-state index contributed by atoms with van der Waals surface area (Å²) in [5.41, 5.74) is 7.87. The van der Waals surface area contributed by atoms with E-state index in [1.165, 1.54) is 11.3 Å².